The van der Waals surface area contributed by atoms with E-state index >= 15 is 0 Å². The number of nitrogens with one attached hydrogen (secondary N) is 2. The van der Waals surface area contributed by atoms with Gasteiger partial charge in [0.25, 0.3) is 0 Å². The fraction of sp³-hybridized carbons (Fsp3) is 0.583. The zero-order valence-corrected chi connectivity index (χ0v) is 20.7. The van der Waals surface area contributed by atoms with Crippen molar-refractivity contribution in [3.8, 4) is 0 Å². The summed E-state index contributed by atoms with van der Waals surface area (Å²) in [5.74, 6) is -1.55. The quantitative estimate of drug-likeness (QED) is 0.516. The second-order valence-corrected chi connectivity index (χ2v) is 8.86. The van der Waals surface area contributed by atoms with Gasteiger partial charge in [0.1, 0.15) is 24.2 Å². The zero-order chi connectivity index (χ0) is 25.2. The first-order valence-corrected chi connectivity index (χ1v) is 11.1. The standard InChI is InChI=1S/C24H37N3O6/c1-8-9-13-27(22(30)17(3)26-23(31)33-24(4,5)6)20(18-12-10-11-16(2)14-18)21(29)25-15-19(28)32-7/h10-12,14,17,20H,8-9,13,15H2,1-7H3,(H,25,29)(H,26,31). The molecule has 0 aliphatic rings. The lowest BCUT2D eigenvalue weighted by Gasteiger charge is -2.33. The van der Waals surface area contributed by atoms with Gasteiger partial charge in [0.05, 0.1) is 7.11 Å². The van der Waals surface area contributed by atoms with Gasteiger partial charge in [0, 0.05) is 6.54 Å². The molecule has 0 aliphatic carbocycles. The predicted molar refractivity (Wildman–Crippen MR) is 124 cm³/mol. The number of carbonyl (C=O) groups is 4. The third-order valence-corrected chi connectivity index (χ3v) is 4.69. The first-order chi connectivity index (χ1) is 15.4. The molecular formula is C24H37N3O6. The lowest BCUT2D eigenvalue weighted by Crippen LogP contribution is -2.52. The van der Waals surface area contributed by atoms with Crippen LogP contribution in [-0.2, 0) is 23.9 Å². The van der Waals surface area contributed by atoms with Crippen molar-refractivity contribution in [3.63, 3.8) is 0 Å². The SMILES string of the molecule is CCCCN(C(=O)C(C)NC(=O)OC(C)(C)C)C(C(=O)NCC(=O)OC)c1cccc(C)c1. The summed E-state index contributed by atoms with van der Waals surface area (Å²) < 4.78 is 9.86. The van der Waals surface area contributed by atoms with Gasteiger partial charge in [-0.3, -0.25) is 14.4 Å². The van der Waals surface area contributed by atoms with Crippen LogP contribution in [0, 0.1) is 6.92 Å². The maximum atomic E-state index is 13.4. The molecule has 184 valence electrons. The summed E-state index contributed by atoms with van der Waals surface area (Å²) in [5, 5.41) is 5.11. The maximum absolute atomic E-state index is 13.4. The highest BCUT2D eigenvalue weighted by atomic mass is 16.6. The molecule has 33 heavy (non-hydrogen) atoms. The molecule has 2 N–H and O–H groups in total. The predicted octanol–water partition coefficient (Wildman–Crippen LogP) is 2.87. The first-order valence-electron chi connectivity index (χ1n) is 11.1. The largest absolute Gasteiger partial charge is 0.468 e. The van der Waals surface area contributed by atoms with E-state index < -0.39 is 41.6 Å². The van der Waals surface area contributed by atoms with Gasteiger partial charge in [-0.05, 0) is 46.6 Å². The molecular weight excluding hydrogens is 426 g/mol. The highest BCUT2D eigenvalue weighted by molar-refractivity contribution is 5.93. The molecule has 1 aromatic rings. The van der Waals surface area contributed by atoms with Crippen LogP contribution in [0.5, 0.6) is 0 Å². The number of methoxy groups -OCH3 is 1. The van der Waals surface area contributed by atoms with Gasteiger partial charge in [-0.25, -0.2) is 4.79 Å². The lowest BCUT2D eigenvalue weighted by atomic mass is 10.0. The molecule has 0 fully saturated rings. The van der Waals surface area contributed by atoms with E-state index in [-0.39, 0.29) is 6.54 Å². The molecule has 1 aromatic carbocycles. The fourth-order valence-corrected chi connectivity index (χ4v) is 3.13. The summed E-state index contributed by atoms with van der Waals surface area (Å²) in [5.41, 5.74) is 0.805. The summed E-state index contributed by atoms with van der Waals surface area (Å²) in [6.45, 7) is 10.6. The van der Waals surface area contributed by atoms with Crippen molar-refractivity contribution >= 4 is 23.9 Å². The Balaban J connectivity index is 3.26. The summed E-state index contributed by atoms with van der Waals surface area (Å²) in [7, 11) is 1.23. The lowest BCUT2D eigenvalue weighted by molar-refractivity contribution is -0.144. The van der Waals surface area contributed by atoms with E-state index in [0.717, 1.165) is 12.0 Å². The summed E-state index contributed by atoms with van der Waals surface area (Å²) in [4.78, 5) is 51.8. The van der Waals surface area contributed by atoms with Crippen LogP contribution in [0.25, 0.3) is 0 Å². The van der Waals surface area contributed by atoms with Gasteiger partial charge < -0.3 is 25.0 Å². The van der Waals surface area contributed by atoms with Crippen molar-refractivity contribution in [2.45, 2.75) is 72.1 Å². The number of amides is 3. The molecule has 0 radical (unpaired) electrons. The number of carbonyl (C=O) groups excluding carboxylic acids is 4. The average molecular weight is 464 g/mol. The minimum atomic E-state index is -0.989. The van der Waals surface area contributed by atoms with Crippen LogP contribution in [0.4, 0.5) is 4.79 Å². The topological polar surface area (TPSA) is 114 Å². The third-order valence-electron chi connectivity index (χ3n) is 4.69. The van der Waals surface area contributed by atoms with Crippen molar-refractivity contribution in [2.75, 3.05) is 20.2 Å². The Morgan fingerprint density at radius 3 is 2.36 bits per heavy atom. The minimum Gasteiger partial charge on any atom is -0.468 e. The van der Waals surface area contributed by atoms with Crippen LogP contribution in [0.2, 0.25) is 0 Å². The Labute approximate surface area is 196 Å². The number of ether oxygens (including phenoxy) is 2. The molecule has 1 rings (SSSR count). The molecule has 0 saturated heterocycles. The number of hydrogen-bond acceptors (Lipinski definition) is 6. The summed E-state index contributed by atoms with van der Waals surface area (Å²) in [6, 6.07) is 5.34. The molecule has 3 amide bonds. The van der Waals surface area contributed by atoms with Crippen molar-refractivity contribution in [1.82, 2.24) is 15.5 Å². The minimum absolute atomic E-state index is 0.292. The Kier molecular flexibility index (Phi) is 10.8. The van der Waals surface area contributed by atoms with Crippen LogP contribution >= 0.6 is 0 Å². The van der Waals surface area contributed by atoms with E-state index in [0.29, 0.717) is 18.5 Å². The number of aryl methyl sites for hydroxylation is 1. The number of hydrogen-bond donors (Lipinski definition) is 2. The van der Waals surface area contributed by atoms with Crippen molar-refractivity contribution in [2.24, 2.45) is 0 Å². The molecule has 0 bridgehead atoms. The second-order valence-electron chi connectivity index (χ2n) is 8.86. The molecule has 0 aliphatic heterocycles. The number of unbranched alkanes of at least 4 members (excludes halogenated alkanes) is 1. The van der Waals surface area contributed by atoms with Gasteiger partial charge >= 0.3 is 12.1 Å². The van der Waals surface area contributed by atoms with Crippen LogP contribution in [0.1, 0.15) is 64.6 Å². The number of esters is 1. The Hall–Kier alpha value is -3.10. The molecule has 2 atom stereocenters. The summed E-state index contributed by atoms with van der Waals surface area (Å²) in [6.07, 6.45) is 0.723. The number of rotatable bonds is 10. The third kappa shape index (κ3) is 9.51. The molecule has 2 unspecified atom stereocenters. The van der Waals surface area contributed by atoms with E-state index in [1.807, 2.05) is 26.0 Å². The van der Waals surface area contributed by atoms with Gasteiger partial charge in [-0.2, -0.15) is 0 Å². The fourth-order valence-electron chi connectivity index (χ4n) is 3.13. The van der Waals surface area contributed by atoms with Crippen LogP contribution in [0.15, 0.2) is 24.3 Å². The van der Waals surface area contributed by atoms with Crippen LogP contribution in [0.3, 0.4) is 0 Å². The van der Waals surface area contributed by atoms with Crippen LogP contribution in [-0.4, -0.2) is 60.6 Å². The van der Waals surface area contributed by atoms with E-state index in [2.05, 4.69) is 15.4 Å². The molecule has 9 nitrogen and oxygen atoms in total. The molecule has 0 spiro atoms. The van der Waals surface area contributed by atoms with Crippen molar-refractivity contribution in [1.29, 1.82) is 0 Å². The normalized spacial score (nSPS) is 12.8. The molecule has 0 heterocycles. The van der Waals surface area contributed by atoms with Gasteiger partial charge in [0.15, 0.2) is 0 Å². The monoisotopic (exact) mass is 463 g/mol. The number of nitrogens with zero attached hydrogens (tertiary/aromatic N) is 1. The molecule has 0 saturated carbocycles. The van der Waals surface area contributed by atoms with E-state index in [1.54, 1.807) is 39.8 Å². The Bertz CT molecular complexity index is 834. The zero-order valence-electron chi connectivity index (χ0n) is 20.7. The number of benzene rings is 1. The Morgan fingerprint density at radius 2 is 1.82 bits per heavy atom. The van der Waals surface area contributed by atoms with Crippen LogP contribution < -0.4 is 10.6 Å². The van der Waals surface area contributed by atoms with Gasteiger partial charge in [-0.15, -0.1) is 0 Å². The smallest absolute Gasteiger partial charge is 0.408 e. The number of alkyl carbamates (subject to hydrolysis) is 1. The van der Waals surface area contributed by atoms with E-state index in [1.165, 1.54) is 12.0 Å². The highest BCUT2D eigenvalue weighted by Crippen LogP contribution is 2.24. The Morgan fingerprint density at radius 1 is 1.15 bits per heavy atom. The van der Waals surface area contributed by atoms with Crippen molar-refractivity contribution in [3.05, 3.63) is 35.4 Å². The first kappa shape index (κ1) is 27.9. The van der Waals surface area contributed by atoms with Crippen molar-refractivity contribution < 1.29 is 28.7 Å². The maximum Gasteiger partial charge on any atom is 0.408 e. The highest BCUT2D eigenvalue weighted by Gasteiger charge is 2.34. The second kappa shape index (κ2) is 12.8. The average Bonchev–Trinajstić information content (AvgIpc) is 2.72. The molecule has 9 heteroatoms. The molecule has 0 aromatic heterocycles. The summed E-state index contributed by atoms with van der Waals surface area (Å²) >= 11 is 0. The van der Waals surface area contributed by atoms with E-state index in [4.69, 9.17) is 4.74 Å². The van der Waals surface area contributed by atoms with Gasteiger partial charge in [-0.1, -0.05) is 43.2 Å². The van der Waals surface area contributed by atoms with Gasteiger partial charge in [0.2, 0.25) is 11.8 Å². The van der Waals surface area contributed by atoms with E-state index in [9.17, 15) is 19.2 Å².